The average molecular weight is 319 g/mol. The number of carbonyl (C=O) groups excluding carboxylic acids is 1. The van der Waals surface area contributed by atoms with Gasteiger partial charge < -0.3 is 20.5 Å². The van der Waals surface area contributed by atoms with Crippen molar-refractivity contribution in [3.63, 3.8) is 0 Å². The molecule has 0 radical (unpaired) electrons. The zero-order valence-corrected chi connectivity index (χ0v) is 13.7. The van der Waals surface area contributed by atoms with Crippen molar-refractivity contribution in [3.05, 3.63) is 23.8 Å². The molecule has 6 heteroatoms. The molecule has 3 rings (SSSR count). The zero-order valence-electron chi connectivity index (χ0n) is 13.7. The first-order valence-electron chi connectivity index (χ1n) is 8.21. The van der Waals surface area contributed by atoms with Crippen LogP contribution in [0.1, 0.15) is 25.8 Å². The van der Waals surface area contributed by atoms with Gasteiger partial charge in [0.2, 0.25) is 5.91 Å². The minimum Gasteiger partial charge on any atom is -0.486 e. The molecular formula is C17H25N3O3. The summed E-state index contributed by atoms with van der Waals surface area (Å²) in [7, 11) is 0. The maximum atomic E-state index is 12.4. The number of ether oxygens (including phenoxy) is 2. The van der Waals surface area contributed by atoms with Crippen LogP contribution in [0.2, 0.25) is 0 Å². The molecule has 6 nitrogen and oxygen atoms in total. The topological polar surface area (TPSA) is 76.8 Å². The molecule has 0 bridgehead atoms. The maximum absolute atomic E-state index is 12.4. The Morgan fingerprint density at radius 1 is 1.35 bits per heavy atom. The minimum atomic E-state index is -0.166. The molecule has 23 heavy (non-hydrogen) atoms. The Hall–Kier alpha value is -1.79. The van der Waals surface area contributed by atoms with Crippen LogP contribution in [0, 0.1) is 0 Å². The molecule has 1 saturated heterocycles. The molecule has 0 saturated carbocycles. The average Bonchev–Trinajstić information content (AvgIpc) is 2.87. The van der Waals surface area contributed by atoms with E-state index < -0.39 is 0 Å². The van der Waals surface area contributed by atoms with Crippen molar-refractivity contribution in [1.82, 2.24) is 10.2 Å². The van der Waals surface area contributed by atoms with Gasteiger partial charge in [0, 0.05) is 25.2 Å². The summed E-state index contributed by atoms with van der Waals surface area (Å²) >= 11 is 0. The smallest absolute Gasteiger partial charge is 0.237 e. The van der Waals surface area contributed by atoms with Crippen molar-refractivity contribution < 1.29 is 14.3 Å². The molecule has 2 heterocycles. The number of hydrogen-bond donors (Lipinski definition) is 2. The Kier molecular flexibility index (Phi) is 4.73. The third-order valence-corrected chi connectivity index (χ3v) is 4.16. The van der Waals surface area contributed by atoms with E-state index in [1.807, 2.05) is 32.0 Å². The second kappa shape index (κ2) is 6.76. The Bertz CT molecular complexity index is 576. The summed E-state index contributed by atoms with van der Waals surface area (Å²) in [5.41, 5.74) is 7.18. The summed E-state index contributed by atoms with van der Waals surface area (Å²) in [4.78, 5) is 14.5. The van der Waals surface area contributed by atoms with Crippen molar-refractivity contribution in [2.45, 2.75) is 44.9 Å². The van der Waals surface area contributed by atoms with E-state index >= 15 is 0 Å². The van der Waals surface area contributed by atoms with Gasteiger partial charge in [-0.1, -0.05) is 6.07 Å². The highest BCUT2D eigenvalue weighted by molar-refractivity contribution is 5.82. The molecule has 0 aromatic heterocycles. The van der Waals surface area contributed by atoms with Gasteiger partial charge in [-0.25, -0.2) is 0 Å². The number of amides is 1. The highest BCUT2D eigenvalue weighted by atomic mass is 16.6. The lowest BCUT2D eigenvalue weighted by Crippen LogP contribution is -2.45. The van der Waals surface area contributed by atoms with E-state index in [-0.39, 0.29) is 24.0 Å². The molecule has 2 atom stereocenters. The zero-order chi connectivity index (χ0) is 16.4. The van der Waals surface area contributed by atoms with Crippen molar-refractivity contribution in [3.8, 4) is 11.5 Å². The highest BCUT2D eigenvalue weighted by Gasteiger charge is 2.35. The van der Waals surface area contributed by atoms with Crippen LogP contribution in [-0.2, 0) is 11.3 Å². The van der Waals surface area contributed by atoms with Gasteiger partial charge in [0.05, 0.1) is 6.04 Å². The van der Waals surface area contributed by atoms with Crippen molar-refractivity contribution >= 4 is 5.91 Å². The van der Waals surface area contributed by atoms with Crippen molar-refractivity contribution in [1.29, 1.82) is 0 Å². The van der Waals surface area contributed by atoms with Crippen molar-refractivity contribution in [2.24, 2.45) is 5.73 Å². The Morgan fingerprint density at radius 3 is 2.83 bits per heavy atom. The molecular weight excluding hydrogens is 294 g/mol. The first-order chi connectivity index (χ1) is 11.0. The van der Waals surface area contributed by atoms with E-state index in [1.54, 1.807) is 0 Å². The lowest BCUT2D eigenvalue weighted by Gasteiger charge is -2.25. The number of hydrogen-bond acceptors (Lipinski definition) is 5. The third-order valence-electron chi connectivity index (χ3n) is 4.16. The van der Waals surface area contributed by atoms with Crippen molar-refractivity contribution in [2.75, 3.05) is 19.8 Å². The standard InChI is InChI=1S/C17H25N3O3/c1-11(2)19-17(21)14-8-13(18)10-20(14)9-12-3-4-15-16(7-12)23-6-5-22-15/h3-4,7,11,13-14H,5-6,8-10,18H2,1-2H3,(H,19,21)/t13-,14+/m1/s1. The largest absolute Gasteiger partial charge is 0.486 e. The number of carbonyl (C=O) groups is 1. The number of nitrogens with zero attached hydrogens (tertiary/aromatic N) is 1. The van der Waals surface area contributed by atoms with Crippen LogP contribution in [0.3, 0.4) is 0 Å². The fourth-order valence-corrected chi connectivity index (χ4v) is 3.19. The van der Waals surface area contributed by atoms with Gasteiger partial charge >= 0.3 is 0 Å². The summed E-state index contributed by atoms with van der Waals surface area (Å²) in [6.45, 7) is 6.51. The molecule has 1 fully saturated rings. The monoisotopic (exact) mass is 319 g/mol. The van der Waals surface area contributed by atoms with Gasteiger partial charge in [-0.05, 0) is 38.0 Å². The van der Waals surface area contributed by atoms with Crippen LogP contribution >= 0.6 is 0 Å². The minimum absolute atomic E-state index is 0.0372. The molecule has 1 amide bonds. The number of rotatable bonds is 4. The SMILES string of the molecule is CC(C)NC(=O)[C@@H]1C[C@@H](N)CN1Cc1ccc2c(c1)OCCO2. The van der Waals surface area contributed by atoms with E-state index in [2.05, 4.69) is 10.2 Å². The van der Waals surface area contributed by atoms with Crippen LogP contribution in [-0.4, -0.2) is 48.7 Å². The summed E-state index contributed by atoms with van der Waals surface area (Å²) < 4.78 is 11.2. The third kappa shape index (κ3) is 3.76. The summed E-state index contributed by atoms with van der Waals surface area (Å²) in [6, 6.07) is 5.96. The second-order valence-corrected chi connectivity index (χ2v) is 6.58. The first kappa shape index (κ1) is 16.1. The first-order valence-corrected chi connectivity index (χ1v) is 8.21. The molecule has 1 aromatic rings. The summed E-state index contributed by atoms with van der Waals surface area (Å²) in [5, 5.41) is 2.99. The highest BCUT2D eigenvalue weighted by Crippen LogP contribution is 2.31. The number of nitrogens with one attached hydrogen (secondary N) is 1. The van der Waals surface area contributed by atoms with Crippen LogP contribution in [0.15, 0.2) is 18.2 Å². The van der Waals surface area contributed by atoms with E-state index in [0.717, 1.165) is 23.6 Å². The summed E-state index contributed by atoms with van der Waals surface area (Å²) in [6.07, 6.45) is 0.698. The molecule has 1 aromatic carbocycles. The molecule has 126 valence electrons. The molecule has 0 spiro atoms. The van der Waals surface area contributed by atoms with E-state index in [0.29, 0.717) is 26.2 Å². The Morgan fingerprint density at radius 2 is 2.09 bits per heavy atom. The molecule has 0 aliphatic carbocycles. The molecule has 3 N–H and O–H groups in total. The second-order valence-electron chi connectivity index (χ2n) is 6.58. The van der Waals surface area contributed by atoms with Gasteiger partial charge in [0.1, 0.15) is 13.2 Å². The van der Waals surface area contributed by atoms with Gasteiger partial charge in [0.25, 0.3) is 0 Å². The maximum Gasteiger partial charge on any atom is 0.237 e. The number of nitrogens with two attached hydrogens (primary N) is 1. The van der Waals surface area contributed by atoms with E-state index in [1.165, 1.54) is 0 Å². The Balaban J connectivity index is 1.71. The van der Waals surface area contributed by atoms with Gasteiger partial charge in [-0.3, -0.25) is 9.69 Å². The van der Waals surface area contributed by atoms with E-state index in [9.17, 15) is 4.79 Å². The lowest BCUT2D eigenvalue weighted by molar-refractivity contribution is -0.126. The van der Waals surface area contributed by atoms with Crippen LogP contribution < -0.4 is 20.5 Å². The van der Waals surface area contributed by atoms with Crippen LogP contribution in [0.25, 0.3) is 0 Å². The number of fused-ring (bicyclic) bond motifs is 1. The quantitative estimate of drug-likeness (QED) is 0.862. The molecule has 2 aliphatic rings. The fraction of sp³-hybridized carbons (Fsp3) is 0.588. The predicted molar refractivity (Wildman–Crippen MR) is 87.5 cm³/mol. The van der Waals surface area contributed by atoms with Gasteiger partial charge in [0.15, 0.2) is 11.5 Å². The van der Waals surface area contributed by atoms with Crippen LogP contribution in [0.5, 0.6) is 11.5 Å². The predicted octanol–water partition coefficient (Wildman–Crippen LogP) is 0.884. The molecule has 2 aliphatic heterocycles. The van der Waals surface area contributed by atoms with Gasteiger partial charge in [-0.2, -0.15) is 0 Å². The normalized spacial score (nSPS) is 24.0. The number of likely N-dealkylation sites (tertiary alicyclic amines) is 1. The van der Waals surface area contributed by atoms with Crippen LogP contribution in [0.4, 0.5) is 0 Å². The number of benzene rings is 1. The lowest BCUT2D eigenvalue weighted by atomic mass is 10.1. The molecule has 0 unspecified atom stereocenters. The van der Waals surface area contributed by atoms with E-state index in [4.69, 9.17) is 15.2 Å². The summed E-state index contributed by atoms with van der Waals surface area (Å²) in [5.74, 6) is 1.62. The fourth-order valence-electron chi connectivity index (χ4n) is 3.19. The Labute approximate surface area is 136 Å². The van der Waals surface area contributed by atoms with Gasteiger partial charge in [-0.15, -0.1) is 0 Å².